The Morgan fingerprint density at radius 1 is 0.821 bits per heavy atom. The largest absolute Gasteiger partial charge is 0.298 e. The van der Waals surface area contributed by atoms with Gasteiger partial charge in [0, 0.05) is 23.1 Å². The van der Waals surface area contributed by atoms with Crippen LogP contribution in [0.5, 0.6) is 0 Å². The van der Waals surface area contributed by atoms with Crippen molar-refractivity contribution in [2.75, 3.05) is 16.2 Å². The number of nitrogens with zero attached hydrogens (tertiary/aromatic N) is 2. The van der Waals surface area contributed by atoms with Crippen molar-refractivity contribution in [2.45, 2.75) is 18.2 Å². The molecule has 1 amide bonds. The van der Waals surface area contributed by atoms with Crippen LogP contribution in [-0.4, -0.2) is 25.9 Å². The Bertz CT molecular complexity index is 1650. The SMILES string of the molecule is CCN(c1ccccc1)S(=O)(=O)c1ccc(C(=O)Nc2nc(-c3ccc(Cc4ccccc4)cc3)cs2)cc1. The van der Waals surface area contributed by atoms with E-state index in [1.807, 2.05) is 41.8 Å². The van der Waals surface area contributed by atoms with Gasteiger partial charge >= 0.3 is 0 Å². The van der Waals surface area contributed by atoms with Gasteiger partial charge in [0.25, 0.3) is 15.9 Å². The molecule has 4 aromatic carbocycles. The van der Waals surface area contributed by atoms with Crippen LogP contribution in [0.3, 0.4) is 0 Å². The molecular formula is C31H27N3O3S2. The number of anilines is 2. The summed E-state index contributed by atoms with van der Waals surface area (Å²) in [7, 11) is -3.76. The Labute approximate surface area is 232 Å². The van der Waals surface area contributed by atoms with Crippen LogP contribution in [0.15, 0.2) is 119 Å². The zero-order chi connectivity index (χ0) is 27.2. The molecule has 5 rings (SSSR count). The highest BCUT2D eigenvalue weighted by atomic mass is 32.2. The average molecular weight is 554 g/mol. The number of hydrogen-bond donors (Lipinski definition) is 1. The predicted octanol–water partition coefficient (Wildman–Crippen LogP) is 6.87. The third-order valence-electron chi connectivity index (χ3n) is 6.26. The van der Waals surface area contributed by atoms with Gasteiger partial charge in [-0.1, -0.05) is 72.8 Å². The molecule has 0 fully saturated rings. The van der Waals surface area contributed by atoms with E-state index in [4.69, 9.17) is 0 Å². The van der Waals surface area contributed by atoms with E-state index in [9.17, 15) is 13.2 Å². The van der Waals surface area contributed by atoms with Crippen LogP contribution >= 0.6 is 11.3 Å². The second kappa shape index (κ2) is 11.6. The molecule has 1 heterocycles. The number of benzene rings is 4. The van der Waals surface area contributed by atoms with Crippen LogP contribution < -0.4 is 9.62 Å². The fourth-order valence-corrected chi connectivity index (χ4v) is 6.44. The van der Waals surface area contributed by atoms with Crippen molar-refractivity contribution in [1.29, 1.82) is 0 Å². The van der Waals surface area contributed by atoms with Gasteiger partial charge in [0.1, 0.15) is 0 Å². The van der Waals surface area contributed by atoms with Crippen molar-refractivity contribution in [3.8, 4) is 11.3 Å². The molecule has 0 spiro atoms. The first-order chi connectivity index (χ1) is 18.9. The van der Waals surface area contributed by atoms with Gasteiger partial charge in [0.05, 0.1) is 16.3 Å². The Kier molecular flexibility index (Phi) is 7.86. The molecule has 0 unspecified atom stereocenters. The predicted molar refractivity (Wildman–Crippen MR) is 158 cm³/mol. The van der Waals surface area contributed by atoms with Crippen LogP contribution in [0, 0.1) is 0 Å². The van der Waals surface area contributed by atoms with Gasteiger partial charge in [0.2, 0.25) is 0 Å². The van der Waals surface area contributed by atoms with Gasteiger partial charge < -0.3 is 0 Å². The second-order valence-corrected chi connectivity index (χ2v) is 11.6. The fraction of sp³-hybridized carbons (Fsp3) is 0.0968. The van der Waals surface area contributed by atoms with E-state index in [0.29, 0.717) is 16.4 Å². The molecule has 0 radical (unpaired) electrons. The van der Waals surface area contributed by atoms with E-state index in [1.165, 1.54) is 51.0 Å². The van der Waals surface area contributed by atoms with Crippen molar-refractivity contribution in [3.05, 3.63) is 131 Å². The highest BCUT2D eigenvalue weighted by Gasteiger charge is 2.23. The number of para-hydroxylation sites is 1. The van der Waals surface area contributed by atoms with Crippen molar-refractivity contribution in [3.63, 3.8) is 0 Å². The van der Waals surface area contributed by atoms with E-state index in [0.717, 1.165) is 17.7 Å². The molecule has 0 atom stereocenters. The fourth-order valence-electron chi connectivity index (χ4n) is 4.25. The van der Waals surface area contributed by atoms with E-state index >= 15 is 0 Å². The molecule has 1 N–H and O–H groups in total. The lowest BCUT2D eigenvalue weighted by molar-refractivity contribution is 0.102. The average Bonchev–Trinajstić information content (AvgIpc) is 3.43. The van der Waals surface area contributed by atoms with Crippen molar-refractivity contribution < 1.29 is 13.2 Å². The zero-order valence-electron chi connectivity index (χ0n) is 21.3. The molecule has 0 bridgehead atoms. The van der Waals surface area contributed by atoms with E-state index < -0.39 is 10.0 Å². The van der Waals surface area contributed by atoms with E-state index in [-0.39, 0.29) is 17.3 Å². The minimum atomic E-state index is -3.76. The molecule has 0 saturated carbocycles. The molecular weight excluding hydrogens is 526 g/mol. The zero-order valence-corrected chi connectivity index (χ0v) is 23.0. The summed E-state index contributed by atoms with van der Waals surface area (Å²) in [5.74, 6) is -0.353. The van der Waals surface area contributed by atoms with Gasteiger partial charge in [-0.25, -0.2) is 13.4 Å². The Morgan fingerprint density at radius 3 is 2.08 bits per heavy atom. The summed E-state index contributed by atoms with van der Waals surface area (Å²) in [6.07, 6.45) is 0.863. The standard InChI is InChI=1S/C31H27N3O3S2/c1-2-34(27-11-7-4-8-12-27)39(36,37)28-19-17-26(18-20-28)30(35)33-31-32-29(22-38-31)25-15-13-24(14-16-25)21-23-9-5-3-6-10-23/h3-20,22H,2,21H2,1H3,(H,32,33,35). The van der Waals surface area contributed by atoms with Crippen LogP contribution in [0.2, 0.25) is 0 Å². The van der Waals surface area contributed by atoms with Crippen molar-refractivity contribution in [1.82, 2.24) is 4.98 Å². The molecule has 0 aliphatic carbocycles. The highest BCUT2D eigenvalue weighted by molar-refractivity contribution is 7.92. The first-order valence-electron chi connectivity index (χ1n) is 12.5. The first kappa shape index (κ1) is 26.3. The quantitative estimate of drug-likeness (QED) is 0.216. The number of nitrogens with one attached hydrogen (secondary N) is 1. The normalized spacial score (nSPS) is 11.2. The molecule has 8 heteroatoms. The van der Waals surface area contributed by atoms with Crippen molar-refractivity contribution in [2.24, 2.45) is 0 Å². The summed E-state index contributed by atoms with van der Waals surface area (Å²) >= 11 is 1.34. The summed E-state index contributed by atoms with van der Waals surface area (Å²) in [4.78, 5) is 17.5. The number of sulfonamides is 1. The maximum Gasteiger partial charge on any atom is 0.264 e. The number of carbonyl (C=O) groups is 1. The first-order valence-corrected chi connectivity index (χ1v) is 14.8. The third kappa shape index (κ3) is 6.08. The van der Waals surface area contributed by atoms with E-state index in [2.05, 4.69) is 34.6 Å². The molecule has 0 aliphatic rings. The lowest BCUT2D eigenvalue weighted by Crippen LogP contribution is -2.30. The Hall–Kier alpha value is -4.27. The lowest BCUT2D eigenvalue weighted by atomic mass is 10.0. The number of aromatic nitrogens is 1. The lowest BCUT2D eigenvalue weighted by Gasteiger charge is -2.22. The summed E-state index contributed by atoms with van der Waals surface area (Å²) < 4.78 is 27.7. The molecule has 1 aromatic heterocycles. The van der Waals surface area contributed by atoms with Gasteiger partial charge in [0.15, 0.2) is 5.13 Å². The van der Waals surface area contributed by atoms with Gasteiger partial charge in [-0.2, -0.15) is 0 Å². The molecule has 5 aromatic rings. The maximum absolute atomic E-state index is 13.2. The minimum Gasteiger partial charge on any atom is -0.298 e. The number of rotatable bonds is 9. The van der Waals surface area contributed by atoms with Crippen LogP contribution in [0.25, 0.3) is 11.3 Å². The van der Waals surface area contributed by atoms with Crippen molar-refractivity contribution >= 4 is 38.1 Å². The number of thiazole rings is 1. The summed E-state index contributed by atoms with van der Waals surface area (Å²) in [5.41, 5.74) is 5.16. The summed E-state index contributed by atoms with van der Waals surface area (Å²) in [6, 6.07) is 33.5. The third-order valence-corrected chi connectivity index (χ3v) is 8.94. The smallest absolute Gasteiger partial charge is 0.264 e. The molecule has 6 nitrogen and oxygen atoms in total. The van der Waals surface area contributed by atoms with Gasteiger partial charge in [-0.15, -0.1) is 11.3 Å². The molecule has 39 heavy (non-hydrogen) atoms. The molecule has 0 saturated heterocycles. The highest BCUT2D eigenvalue weighted by Crippen LogP contribution is 2.27. The summed E-state index contributed by atoms with van der Waals surface area (Å²) in [6.45, 7) is 2.07. The monoisotopic (exact) mass is 553 g/mol. The Balaban J connectivity index is 1.24. The minimum absolute atomic E-state index is 0.122. The maximum atomic E-state index is 13.2. The van der Waals surface area contributed by atoms with E-state index in [1.54, 1.807) is 31.2 Å². The van der Waals surface area contributed by atoms with Gasteiger partial charge in [-0.3, -0.25) is 14.4 Å². The number of carbonyl (C=O) groups excluding carboxylic acids is 1. The van der Waals surface area contributed by atoms with Crippen LogP contribution in [0.1, 0.15) is 28.4 Å². The van der Waals surface area contributed by atoms with Crippen LogP contribution in [-0.2, 0) is 16.4 Å². The topological polar surface area (TPSA) is 79.4 Å². The van der Waals surface area contributed by atoms with Gasteiger partial charge in [-0.05, 0) is 60.9 Å². The molecule has 196 valence electrons. The van der Waals surface area contributed by atoms with Crippen LogP contribution in [0.4, 0.5) is 10.8 Å². The molecule has 0 aliphatic heterocycles. The Morgan fingerprint density at radius 2 is 1.44 bits per heavy atom. The number of hydrogen-bond acceptors (Lipinski definition) is 5. The second-order valence-electron chi connectivity index (χ2n) is 8.88. The number of amides is 1. The summed E-state index contributed by atoms with van der Waals surface area (Å²) in [5, 5.41) is 5.20.